The average Bonchev–Trinajstić information content (AvgIpc) is 2.80. The largest absolute Gasteiger partial charge is 0.355 e. The maximum Gasteiger partial charge on any atom is 0.204 e. The van der Waals surface area contributed by atoms with Crippen LogP contribution in [0.15, 0.2) is 16.4 Å². The third-order valence-electron chi connectivity index (χ3n) is 1.82. The zero-order valence-corrected chi connectivity index (χ0v) is 11.0. The highest BCUT2D eigenvalue weighted by atomic mass is 32.2. The molecule has 0 saturated carbocycles. The molecule has 1 aromatic heterocycles. The van der Waals surface area contributed by atoms with E-state index in [9.17, 15) is 4.21 Å². The Morgan fingerprint density at radius 3 is 3.18 bits per heavy atom. The van der Waals surface area contributed by atoms with Crippen LogP contribution in [0.1, 0.15) is 5.69 Å². The van der Waals surface area contributed by atoms with E-state index in [4.69, 9.17) is 5.26 Å². The molecule has 0 aliphatic heterocycles. The molecule has 0 radical (unpaired) electrons. The summed E-state index contributed by atoms with van der Waals surface area (Å²) in [6.07, 6.45) is 1.77. The van der Waals surface area contributed by atoms with E-state index in [1.807, 2.05) is 11.4 Å². The minimum atomic E-state index is -0.956. The molecule has 0 spiro atoms. The highest BCUT2D eigenvalue weighted by molar-refractivity contribution is 7.84. The van der Waals surface area contributed by atoms with Crippen molar-refractivity contribution in [3.8, 4) is 6.19 Å². The van der Waals surface area contributed by atoms with Crippen molar-refractivity contribution in [1.82, 2.24) is 15.0 Å². The van der Waals surface area contributed by atoms with Crippen LogP contribution in [0, 0.1) is 11.5 Å². The van der Waals surface area contributed by atoms with E-state index >= 15 is 0 Å². The molecule has 1 unspecified atom stereocenters. The van der Waals surface area contributed by atoms with Crippen molar-refractivity contribution in [2.45, 2.75) is 5.75 Å². The van der Waals surface area contributed by atoms with Crippen LogP contribution in [-0.2, 0) is 16.6 Å². The first-order valence-electron chi connectivity index (χ1n) is 4.86. The van der Waals surface area contributed by atoms with Crippen LogP contribution in [0.2, 0.25) is 0 Å². The van der Waals surface area contributed by atoms with Gasteiger partial charge in [0.05, 0.1) is 11.4 Å². The van der Waals surface area contributed by atoms with Gasteiger partial charge in [0.1, 0.15) is 0 Å². The number of rotatable bonds is 5. The fourth-order valence-electron chi connectivity index (χ4n) is 1.06. The second-order valence-corrected chi connectivity index (χ2v) is 5.26. The SMILES string of the molecule is CN=C(NC#N)NCCS(=O)Cc1ccsn1. The van der Waals surface area contributed by atoms with Gasteiger partial charge < -0.3 is 5.32 Å². The van der Waals surface area contributed by atoms with Gasteiger partial charge in [-0.05, 0) is 17.6 Å². The normalized spacial score (nSPS) is 12.8. The lowest BCUT2D eigenvalue weighted by Crippen LogP contribution is -2.36. The summed E-state index contributed by atoms with van der Waals surface area (Å²) in [5, 5.41) is 15.5. The number of nitriles is 1. The third-order valence-corrected chi connectivity index (χ3v) is 3.70. The fraction of sp³-hybridized carbons (Fsp3) is 0.444. The lowest BCUT2D eigenvalue weighted by molar-refractivity contribution is 0.680. The second-order valence-electron chi connectivity index (χ2n) is 3.01. The summed E-state index contributed by atoms with van der Waals surface area (Å²) in [7, 11) is 0.613. The third kappa shape index (κ3) is 5.42. The van der Waals surface area contributed by atoms with Gasteiger partial charge in [-0.3, -0.25) is 14.5 Å². The highest BCUT2D eigenvalue weighted by Gasteiger charge is 2.04. The zero-order chi connectivity index (χ0) is 12.5. The Kier molecular flexibility index (Phi) is 6.21. The van der Waals surface area contributed by atoms with E-state index in [0.29, 0.717) is 24.0 Å². The Morgan fingerprint density at radius 2 is 2.59 bits per heavy atom. The monoisotopic (exact) mass is 271 g/mol. The van der Waals surface area contributed by atoms with E-state index in [1.54, 1.807) is 13.2 Å². The number of nitrogens with one attached hydrogen (secondary N) is 2. The van der Waals surface area contributed by atoms with Crippen LogP contribution in [0.3, 0.4) is 0 Å². The highest BCUT2D eigenvalue weighted by Crippen LogP contribution is 2.02. The van der Waals surface area contributed by atoms with Crippen molar-refractivity contribution in [1.29, 1.82) is 5.26 Å². The van der Waals surface area contributed by atoms with Gasteiger partial charge in [-0.15, -0.1) is 0 Å². The molecular weight excluding hydrogens is 258 g/mol. The predicted octanol–water partition coefficient (Wildman–Crippen LogP) is 0.0379. The van der Waals surface area contributed by atoms with Gasteiger partial charge >= 0.3 is 0 Å². The van der Waals surface area contributed by atoms with E-state index in [1.165, 1.54) is 11.5 Å². The molecule has 1 heterocycles. The number of aliphatic imine (C=N–C) groups is 1. The van der Waals surface area contributed by atoms with Crippen LogP contribution in [0.4, 0.5) is 0 Å². The maximum absolute atomic E-state index is 11.6. The van der Waals surface area contributed by atoms with Gasteiger partial charge in [0.15, 0.2) is 6.19 Å². The summed E-state index contributed by atoms with van der Waals surface area (Å²) in [4.78, 5) is 3.81. The number of aromatic nitrogens is 1. The van der Waals surface area contributed by atoms with Gasteiger partial charge in [-0.2, -0.15) is 9.64 Å². The Balaban J connectivity index is 2.23. The van der Waals surface area contributed by atoms with Crippen molar-refractivity contribution >= 4 is 28.3 Å². The quantitative estimate of drug-likeness (QED) is 0.341. The molecule has 0 amide bonds. The molecule has 1 aromatic rings. The molecule has 0 saturated heterocycles. The van der Waals surface area contributed by atoms with Crippen LogP contribution >= 0.6 is 11.5 Å². The van der Waals surface area contributed by atoms with Gasteiger partial charge in [0.25, 0.3) is 0 Å². The molecular formula is C9H13N5OS2. The molecule has 1 rings (SSSR count). The molecule has 0 aliphatic rings. The van der Waals surface area contributed by atoms with Gasteiger partial charge in [0.2, 0.25) is 5.96 Å². The summed E-state index contributed by atoms with van der Waals surface area (Å²) in [5.74, 6) is 1.34. The van der Waals surface area contributed by atoms with E-state index in [0.717, 1.165) is 5.69 Å². The van der Waals surface area contributed by atoms with Gasteiger partial charge in [-0.1, -0.05) is 0 Å². The molecule has 6 nitrogen and oxygen atoms in total. The topological polar surface area (TPSA) is 90.2 Å². The summed E-state index contributed by atoms with van der Waals surface area (Å²) in [6, 6.07) is 1.87. The van der Waals surface area contributed by atoms with E-state index in [2.05, 4.69) is 20.0 Å². The standard InChI is InChI=1S/C9H13N5OS2/c1-11-9(13-7-10)12-3-5-17(15)6-8-2-4-16-14-8/h2,4H,3,5-6H2,1H3,(H2,11,12,13). The van der Waals surface area contributed by atoms with Gasteiger partial charge in [0, 0.05) is 35.5 Å². The average molecular weight is 271 g/mol. The Bertz CT molecular complexity index is 423. The Labute approximate surface area is 106 Å². The summed E-state index contributed by atoms with van der Waals surface area (Å²) in [6.45, 7) is 0.498. The van der Waals surface area contributed by atoms with Crippen molar-refractivity contribution < 1.29 is 4.21 Å². The minimum absolute atomic E-state index is 0.387. The Hall–Kier alpha value is -1.46. The lowest BCUT2D eigenvalue weighted by atomic mass is 10.5. The van der Waals surface area contributed by atoms with E-state index in [-0.39, 0.29) is 0 Å². The summed E-state index contributed by atoms with van der Waals surface area (Å²) in [5.41, 5.74) is 0.855. The molecule has 0 bridgehead atoms. The molecule has 0 aromatic carbocycles. The van der Waals surface area contributed by atoms with Crippen LogP contribution in [-0.4, -0.2) is 33.9 Å². The first kappa shape index (κ1) is 13.6. The second kappa shape index (κ2) is 7.76. The fourth-order valence-corrected chi connectivity index (χ4v) is 2.65. The van der Waals surface area contributed by atoms with Crippen LogP contribution < -0.4 is 10.6 Å². The van der Waals surface area contributed by atoms with E-state index < -0.39 is 10.8 Å². The summed E-state index contributed by atoms with van der Waals surface area (Å²) < 4.78 is 15.7. The molecule has 0 aliphatic carbocycles. The lowest BCUT2D eigenvalue weighted by Gasteiger charge is -2.06. The molecule has 1 atom stereocenters. The van der Waals surface area contributed by atoms with Crippen LogP contribution in [0.5, 0.6) is 0 Å². The number of hydrogen-bond acceptors (Lipinski definition) is 5. The van der Waals surface area contributed by atoms with Crippen LogP contribution in [0.25, 0.3) is 0 Å². The smallest absolute Gasteiger partial charge is 0.204 e. The maximum atomic E-state index is 11.6. The first-order chi connectivity index (χ1) is 8.26. The number of nitrogens with zero attached hydrogens (tertiary/aromatic N) is 3. The van der Waals surface area contributed by atoms with Gasteiger partial charge in [-0.25, -0.2) is 0 Å². The molecule has 92 valence electrons. The zero-order valence-electron chi connectivity index (χ0n) is 9.34. The molecule has 0 fully saturated rings. The molecule has 17 heavy (non-hydrogen) atoms. The first-order valence-corrected chi connectivity index (χ1v) is 7.18. The van der Waals surface area contributed by atoms with Crippen molar-refractivity contribution in [2.24, 2.45) is 4.99 Å². The van der Waals surface area contributed by atoms with Crippen molar-refractivity contribution in [3.63, 3.8) is 0 Å². The number of hydrogen-bond donors (Lipinski definition) is 2. The Morgan fingerprint density at radius 1 is 1.76 bits per heavy atom. The summed E-state index contributed by atoms with van der Waals surface area (Å²) >= 11 is 1.36. The van der Waals surface area contributed by atoms with Crippen molar-refractivity contribution in [2.75, 3.05) is 19.3 Å². The minimum Gasteiger partial charge on any atom is -0.355 e. The number of guanidine groups is 1. The molecule has 2 N–H and O–H groups in total. The molecule has 8 heteroatoms. The predicted molar refractivity (Wildman–Crippen MR) is 68.9 cm³/mol. The van der Waals surface area contributed by atoms with Crippen molar-refractivity contribution in [3.05, 3.63) is 17.1 Å².